The van der Waals surface area contributed by atoms with Crippen molar-refractivity contribution in [3.63, 3.8) is 0 Å². The zero-order valence-electron chi connectivity index (χ0n) is 18.0. The van der Waals surface area contributed by atoms with Gasteiger partial charge in [0.2, 0.25) is 0 Å². The number of halogens is 1. The van der Waals surface area contributed by atoms with E-state index in [-0.39, 0.29) is 30.0 Å². The van der Waals surface area contributed by atoms with E-state index in [2.05, 4.69) is 46.5 Å². The first-order valence-corrected chi connectivity index (χ1v) is 11.9. The standard InChI is InChI=1S/C21H32N6OS.HI/c1-4-22-21(23-12-13-29(28)15-17-8-6-5-7-9-17)24-18-10-11-19-25-20(16(2)3)26-27(19)14-18;/h5-9,16,18H,4,10-15H2,1-3H3,(H2,22,23,24);1H. The van der Waals surface area contributed by atoms with Crippen LogP contribution in [0.1, 0.15) is 50.3 Å². The molecule has 9 heteroatoms. The summed E-state index contributed by atoms with van der Waals surface area (Å²) in [6.45, 7) is 8.41. The fraction of sp³-hybridized carbons (Fsp3) is 0.571. The van der Waals surface area contributed by atoms with Gasteiger partial charge in [0.1, 0.15) is 5.82 Å². The van der Waals surface area contributed by atoms with Crippen molar-refractivity contribution in [2.45, 2.75) is 57.9 Å². The first-order valence-electron chi connectivity index (χ1n) is 10.4. The highest BCUT2D eigenvalue weighted by Gasteiger charge is 2.23. The maximum atomic E-state index is 12.3. The summed E-state index contributed by atoms with van der Waals surface area (Å²) in [5.41, 5.74) is 1.10. The zero-order chi connectivity index (χ0) is 20.6. The molecule has 0 bridgehead atoms. The van der Waals surface area contributed by atoms with Crippen LogP contribution in [0.5, 0.6) is 0 Å². The van der Waals surface area contributed by atoms with E-state index in [4.69, 9.17) is 0 Å². The number of guanidine groups is 1. The van der Waals surface area contributed by atoms with Crippen LogP contribution in [0.3, 0.4) is 0 Å². The van der Waals surface area contributed by atoms with Crippen molar-refractivity contribution < 1.29 is 4.21 Å². The minimum Gasteiger partial charge on any atom is -0.357 e. The number of rotatable bonds is 8. The molecular weight excluding hydrogens is 511 g/mol. The summed E-state index contributed by atoms with van der Waals surface area (Å²) in [4.78, 5) is 9.28. The van der Waals surface area contributed by atoms with Crippen LogP contribution in [0.25, 0.3) is 0 Å². The predicted octanol–water partition coefficient (Wildman–Crippen LogP) is 2.84. The number of aryl methyl sites for hydroxylation is 1. The van der Waals surface area contributed by atoms with Crippen LogP contribution in [0.4, 0.5) is 0 Å². The van der Waals surface area contributed by atoms with Gasteiger partial charge in [0, 0.05) is 47.2 Å². The highest BCUT2D eigenvalue weighted by atomic mass is 127. The summed E-state index contributed by atoms with van der Waals surface area (Å²) in [5, 5.41) is 11.5. The van der Waals surface area contributed by atoms with Gasteiger partial charge >= 0.3 is 0 Å². The Labute approximate surface area is 199 Å². The van der Waals surface area contributed by atoms with Crippen molar-refractivity contribution in [3.05, 3.63) is 47.5 Å². The molecule has 2 aromatic rings. The Morgan fingerprint density at radius 3 is 2.80 bits per heavy atom. The van der Waals surface area contributed by atoms with Crippen LogP contribution in [0.2, 0.25) is 0 Å². The Kier molecular flexibility index (Phi) is 10.2. The lowest BCUT2D eigenvalue weighted by molar-refractivity contribution is 0.391. The fourth-order valence-electron chi connectivity index (χ4n) is 3.30. The van der Waals surface area contributed by atoms with E-state index < -0.39 is 10.8 Å². The third kappa shape index (κ3) is 7.33. The van der Waals surface area contributed by atoms with E-state index >= 15 is 0 Å². The quantitative estimate of drug-likeness (QED) is 0.304. The molecule has 0 aliphatic carbocycles. The van der Waals surface area contributed by atoms with Crippen LogP contribution in [-0.2, 0) is 29.5 Å². The first-order chi connectivity index (χ1) is 14.0. The lowest BCUT2D eigenvalue weighted by Crippen LogP contribution is -2.47. The van der Waals surface area contributed by atoms with E-state index in [1.54, 1.807) is 0 Å². The molecule has 1 aromatic carbocycles. The molecule has 2 atom stereocenters. The van der Waals surface area contributed by atoms with Crippen molar-refractivity contribution >= 4 is 40.7 Å². The van der Waals surface area contributed by atoms with E-state index in [1.165, 1.54) is 0 Å². The van der Waals surface area contributed by atoms with Crippen LogP contribution in [0, 0.1) is 0 Å². The number of fused-ring (bicyclic) bond motifs is 1. The second kappa shape index (κ2) is 12.4. The van der Waals surface area contributed by atoms with Crippen LogP contribution < -0.4 is 10.6 Å². The van der Waals surface area contributed by atoms with Gasteiger partial charge in [0.15, 0.2) is 11.8 Å². The molecule has 166 valence electrons. The maximum Gasteiger partial charge on any atom is 0.191 e. The summed E-state index contributed by atoms with van der Waals surface area (Å²) in [5.74, 6) is 4.25. The zero-order valence-corrected chi connectivity index (χ0v) is 21.2. The number of nitrogens with zero attached hydrogens (tertiary/aromatic N) is 4. The average molecular weight is 545 g/mol. The molecule has 2 N–H and O–H groups in total. The highest BCUT2D eigenvalue weighted by Crippen LogP contribution is 2.16. The van der Waals surface area contributed by atoms with E-state index in [0.29, 0.717) is 24.0 Å². The molecular formula is C21H33IN6OS. The number of nitrogens with one attached hydrogen (secondary N) is 2. The molecule has 0 saturated heterocycles. The molecule has 2 heterocycles. The number of benzene rings is 1. The first kappa shape index (κ1) is 24.8. The topological polar surface area (TPSA) is 84.2 Å². The van der Waals surface area contributed by atoms with Crippen molar-refractivity contribution in [2.24, 2.45) is 4.99 Å². The average Bonchev–Trinajstić information content (AvgIpc) is 3.13. The Morgan fingerprint density at radius 1 is 1.33 bits per heavy atom. The Bertz CT molecular complexity index is 839. The maximum absolute atomic E-state index is 12.3. The third-order valence-electron chi connectivity index (χ3n) is 4.84. The molecule has 3 rings (SSSR count). The van der Waals surface area contributed by atoms with E-state index in [1.807, 2.05) is 35.0 Å². The Hall–Kier alpha value is -1.49. The second-order valence-electron chi connectivity index (χ2n) is 7.64. The molecule has 1 aliphatic rings. The molecule has 0 fully saturated rings. The van der Waals surface area contributed by atoms with Gasteiger partial charge in [0.05, 0.1) is 13.1 Å². The normalized spacial score (nSPS) is 17.2. The third-order valence-corrected chi connectivity index (χ3v) is 6.13. The molecule has 2 unspecified atom stereocenters. The summed E-state index contributed by atoms with van der Waals surface area (Å²) in [6, 6.07) is 10.2. The minimum atomic E-state index is -0.915. The molecule has 0 radical (unpaired) electrons. The van der Waals surface area contributed by atoms with Gasteiger partial charge in [-0.25, -0.2) is 9.67 Å². The summed E-state index contributed by atoms with van der Waals surface area (Å²) >= 11 is 0. The smallest absolute Gasteiger partial charge is 0.191 e. The van der Waals surface area contributed by atoms with E-state index in [0.717, 1.165) is 49.1 Å². The SMILES string of the molecule is CCNC(=NCCS(=O)Cc1ccccc1)NC1CCc2nc(C(C)C)nn2C1.I. The Balaban J connectivity index is 0.00000320. The van der Waals surface area contributed by atoms with Crippen molar-refractivity contribution in [1.82, 2.24) is 25.4 Å². The van der Waals surface area contributed by atoms with Gasteiger partial charge in [0.25, 0.3) is 0 Å². The monoisotopic (exact) mass is 544 g/mol. The Morgan fingerprint density at radius 2 is 2.10 bits per heavy atom. The number of hydrogen-bond donors (Lipinski definition) is 2. The van der Waals surface area contributed by atoms with Gasteiger partial charge in [-0.3, -0.25) is 9.20 Å². The van der Waals surface area contributed by atoms with Crippen molar-refractivity contribution in [1.29, 1.82) is 0 Å². The molecule has 30 heavy (non-hydrogen) atoms. The van der Waals surface area contributed by atoms with Gasteiger partial charge < -0.3 is 10.6 Å². The molecule has 0 amide bonds. The molecule has 1 aromatic heterocycles. The fourth-order valence-corrected chi connectivity index (χ4v) is 4.30. The van der Waals surface area contributed by atoms with Gasteiger partial charge in [-0.05, 0) is 18.9 Å². The van der Waals surface area contributed by atoms with Crippen LogP contribution >= 0.6 is 24.0 Å². The summed E-state index contributed by atoms with van der Waals surface area (Å²) < 4.78 is 14.3. The lowest BCUT2D eigenvalue weighted by atomic mass is 10.1. The van der Waals surface area contributed by atoms with Crippen LogP contribution in [0.15, 0.2) is 35.3 Å². The second-order valence-corrected chi connectivity index (χ2v) is 9.21. The van der Waals surface area contributed by atoms with Crippen LogP contribution in [-0.4, -0.2) is 49.8 Å². The summed E-state index contributed by atoms with van der Waals surface area (Å²) in [7, 11) is -0.915. The minimum absolute atomic E-state index is 0. The predicted molar refractivity (Wildman–Crippen MR) is 134 cm³/mol. The molecule has 0 saturated carbocycles. The number of aliphatic imine (C=N–C) groups is 1. The lowest BCUT2D eigenvalue weighted by Gasteiger charge is -2.25. The van der Waals surface area contributed by atoms with Crippen molar-refractivity contribution in [2.75, 3.05) is 18.8 Å². The van der Waals surface area contributed by atoms with Gasteiger partial charge in [-0.2, -0.15) is 5.10 Å². The van der Waals surface area contributed by atoms with Gasteiger partial charge in [-0.15, -0.1) is 24.0 Å². The van der Waals surface area contributed by atoms with Crippen molar-refractivity contribution in [3.8, 4) is 0 Å². The highest BCUT2D eigenvalue weighted by molar-refractivity contribution is 14.0. The molecule has 7 nitrogen and oxygen atoms in total. The van der Waals surface area contributed by atoms with Gasteiger partial charge in [-0.1, -0.05) is 44.2 Å². The van der Waals surface area contributed by atoms with E-state index in [9.17, 15) is 4.21 Å². The molecule has 1 aliphatic heterocycles. The largest absolute Gasteiger partial charge is 0.357 e. The summed E-state index contributed by atoms with van der Waals surface area (Å²) in [6.07, 6.45) is 1.92. The number of aromatic nitrogens is 3. The molecule has 0 spiro atoms. The number of hydrogen-bond acceptors (Lipinski definition) is 4.